The number of rotatable bonds is 4. The summed E-state index contributed by atoms with van der Waals surface area (Å²) in [5.41, 5.74) is 0.842. The zero-order valence-electron chi connectivity index (χ0n) is 10.1. The van der Waals surface area contributed by atoms with Crippen molar-refractivity contribution in [1.82, 2.24) is 4.90 Å². The lowest BCUT2D eigenvalue weighted by Gasteiger charge is -2.31. The van der Waals surface area contributed by atoms with Crippen LogP contribution in [-0.2, 0) is 6.42 Å². The van der Waals surface area contributed by atoms with E-state index in [2.05, 4.69) is 0 Å². The smallest absolute Gasteiger partial charge is 0.223 e. The van der Waals surface area contributed by atoms with Crippen molar-refractivity contribution in [3.05, 3.63) is 35.9 Å². The second-order valence-corrected chi connectivity index (χ2v) is 4.92. The van der Waals surface area contributed by atoms with E-state index in [-0.39, 0.29) is 13.0 Å². The molecular formula is C14H20FNO. The minimum Gasteiger partial charge on any atom is -0.360 e. The van der Waals surface area contributed by atoms with Crippen LogP contribution in [0, 0.1) is 0 Å². The van der Waals surface area contributed by atoms with Gasteiger partial charge in [-0.25, -0.2) is 4.39 Å². The summed E-state index contributed by atoms with van der Waals surface area (Å²) in [7, 11) is 0. The second-order valence-electron chi connectivity index (χ2n) is 4.92. The summed E-state index contributed by atoms with van der Waals surface area (Å²) in [6, 6.07) is 9.32. The molecule has 0 aromatic heterocycles. The Bertz CT molecular complexity index is 333. The monoisotopic (exact) mass is 237 g/mol. The Morgan fingerprint density at radius 1 is 1.12 bits per heavy atom. The molecule has 1 atom stereocenters. The van der Waals surface area contributed by atoms with Gasteiger partial charge in [0.1, 0.15) is 0 Å². The van der Waals surface area contributed by atoms with Crippen LogP contribution in [0.15, 0.2) is 30.3 Å². The Balaban J connectivity index is 1.89. The highest BCUT2D eigenvalue weighted by Gasteiger charge is 2.29. The van der Waals surface area contributed by atoms with E-state index < -0.39 is 5.85 Å². The van der Waals surface area contributed by atoms with Crippen LogP contribution in [0.25, 0.3) is 0 Å². The molecule has 1 unspecified atom stereocenters. The molecule has 0 spiro atoms. The maximum Gasteiger partial charge on any atom is 0.223 e. The number of hydrogen-bond donors (Lipinski definition) is 1. The molecule has 2 rings (SSSR count). The van der Waals surface area contributed by atoms with Crippen molar-refractivity contribution >= 4 is 0 Å². The molecule has 2 nitrogen and oxygen atoms in total. The van der Waals surface area contributed by atoms with Crippen LogP contribution in [0.5, 0.6) is 0 Å². The quantitative estimate of drug-likeness (QED) is 0.869. The molecule has 0 aliphatic carbocycles. The van der Waals surface area contributed by atoms with E-state index in [0.29, 0.717) is 0 Å². The van der Waals surface area contributed by atoms with Crippen LogP contribution >= 0.6 is 0 Å². The van der Waals surface area contributed by atoms with Crippen LogP contribution < -0.4 is 0 Å². The Morgan fingerprint density at radius 2 is 1.76 bits per heavy atom. The fourth-order valence-corrected chi connectivity index (χ4v) is 2.42. The van der Waals surface area contributed by atoms with Gasteiger partial charge in [-0.2, -0.15) is 0 Å². The van der Waals surface area contributed by atoms with Gasteiger partial charge in [-0.05, 0) is 31.5 Å². The molecule has 1 aromatic rings. The number of halogens is 1. The van der Waals surface area contributed by atoms with Gasteiger partial charge in [-0.3, -0.25) is 4.90 Å². The molecule has 1 aromatic carbocycles. The molecule has 3 heteroatoms. The average Bonchev–Trinajstić information content (AvgIpc) is 2.30. The van der Waals surface area contributed by atoms with Gasteiger partial charge in [0, 0.05) is 6.42 Å². The number of likely N-dealkylation sites (tertiary alicyclic amines) is 1. The number of hydrogen-bond acceptors (Lipinski definition) is 2. The molecule has 0 amide bonds. The van der Waals surface area contributed by atoms with Gasteiger partial charge in [0.05, 0.1) is 6.54 Å². The van der Waals surface area contributed by atoms with Gasteiger partial charge >= 0.3 is 0 Å². The zero-order valence-corrected chi connectivity index (χ0v) is 10.1. The zero-order chi connectivity index (χ0) is 12.1. The summed E-state index contributed by atoms with van der Waals surface area (Å²) >= 11 is 0. The van der Waals surface area contributed by atoms with Gasteiger partial charge in [-0.1, -0.05) is 36.8 Å². The van der Waals surface area contributed by atoms with Crippen molar-refractivity contribution in [3.8, 4) is 0 Å². The normalized spacial score (nSPS) is 21.1. The fourth-order valence-electron chi connectivity index (χ4n) is 2.42. The molecule has 0 bridgehead atoms. The highest BCUT2D eigenvalue weighted by molar-refractivity contribution is 5.16. The van der Waals surface area contributed by atoms with Crippen LogP contribution in [0.1, 0.15) is 24.8 Å². The van der Waals surface area contributed by atoms with Gasteiger partial charge in [0.2, 0.25) is 5.85 Å². The Kier molecular flexibility index (Phi) is 4.13. The van der Waals surface area contributed by atoms with Crippen LogP contribution in [0.4, 0.5) is 4.39 Å². The molecule has 0 radical (unpaired) electrons. The molecule has 1 aliphatic rings. The van der Waals surface area contributed by atoms with Crippen molar-refractivity contribution in [3.63, 3.8) is 0 Å². The SMILES string of the molecule is OC(F)(Cc1ccccc1)CN1CCCCC1. The second kappa shape index (κ2) is 5.61. The number of nitrogens with zero attached hydrogens (tertiary/aromatic N) is 1. The van der Waals surface area contributed by atoms with Crippen LogP contribution in [0.3, 0.4) is 0 Å². The van der Waals surface area contributed by atoms with Crippen molar-refractivity contribution in [2.75, 3.05) is 19.6 Å². The number of aliphatic hydroxyl groups is 1. The minimum absolute atomic E-state index is 0.0737. The van der Waals surface area contributed by atoms with Gasteiger partial charge < -0.3 is 5.11 Å². The number of benzene rings is 1. The lowest BCUT2D eigenvalue weighted by molar-refractivity contribution is -0.109. The highest BCUT2D eigenvalue weighted by atomic mass is 19.2. The third-order valence-electron chi connectivity index (χ3n) is 3.23. The number of β-amino-alcohol motifs (C(OH)–C–C–N with tert-alkyl or cyclic N) is 1. The fraction of sp³-hybridized carbons (Fsp3) is 0.571. The molecule has 1 aliphatic heterocycles. The topological polar surface area (TPSA) is 23.5 Å². The summed E-state index contributed by atoms with van der Waals surface area (Å²) in [6.45, 7) is 1.93. The predicted molar refractivity (Wildman–Crippen MR) is 66.5 cm³/mol. The third kappa shape index (κ3) is 4.10. The largest absolute Gasteiger partial charge is 0.360 e. The lowest BCUT2D eigenvalue weighted by atomic mass is 10.0. The summed E-state index contributed by atoms with van der Waals surface area (Å²) in [5.74, 6) is -2.11. The van der Waals surface area contributed by atoms with Crippen molar-refractivity contribution in [2.45, 2.75) is 31.5 Å². The van der Waals surface area contributed by atoms with Crippen molar-refractivity contribution in [2.24, 2.45) is 0 Å². The molecule has 1 heterocycles. The molecule has 1 fully saturated rings. The summed E-state index contributed by atoms with van der Waals surface area (Å²) in [6.07, 6.45) is 3.52. The van der Waals surface area contributed by atoms with E-state index >= 15 is 0 Å². The molecule has 94 valence electrons. The molecule has 1 N–H and O–H groups in total. The standard InChI is InChI=1S/C14H20FNO/c15-14(17,11-13-7-3-1-4-8-13)12-16-9-5-2-6-10-16/h1,3-4,7-8,17H,2,5-6,9-12H2. The maximum absolute atomic E-state index is 14.1. The molecule has 1 saturated heterocycles. The Hall–Kier alpha value is -0.930. The van der Waals surface area contributed by atoms with Crippen molar-refractivity contribution < 1.29 is 9.50 Å². The first-order chi connectivity index (χ1) is 8.16. The minimum atomic E-state index is -2.11. The summed E-state index contributed by atoms with van der Waals surface area (Å²) < 4.78 is 14.1. The first-order valence-electron chi connectivity index (χ1n) is 6.33. The summed E-state index contributed by atoms with van der Waals surface area (Å²) in [5, 5.41) is 9.81. The maximum atomic E-state index is 14.1. The highest BCUT2D eigenvalue weighted by Crippen LogP contribution is 2.19. The number of piperidine rings is 1. The average molecular weight is 237 g/mol. The number of alkyl halides is 1. The molecule has 17 heavy (non-hydrogen) atoms. The van der Waals surface area contributed by atoms with E-state index in [4.69, 9.17) is 0 Å². The first kappa shape index (κ1) is 12.5. The predicted octanol–water partition coefficient (Wildman–Crippen LogP) is 2.37. The lowest BCUT2D eigenvalue weighted by Crippen LogP contribution is -2.43. The van der Waals surface area contributed by atoms with Gasteiger partial charge in [-0.15, -0.1) is 0 Å². The Morgan fingerprint density at radius 3 is 2.41 bits per heavy atom. The van der Waals surface area contributed by atoms with Gasteiger partial charge in [0.25, 0.3) is 0 Å². The summed E-state index contributed by atoms with van der Waals surface area (Å²) in [4.78, 5) is 2.02. The Labute approximate surface area is 102 Å². The van der Waals surface area contributed by atoms with E-state index in [1.807, 2.05) is 35.2 Å². The molecular weight excluding hydrogens is 217 g/mol. The van der Waals surface area contributed by atoms with Crippen molar-refractivity contribution in [1.29, 1.82) is 0 Å². The van der Waals surface area contributed by atoms with Crippen LogP contribution in [-0.4, -0.2) is 35.5 Å². The van der Waals surface area contributed by atoms with E-state index in [1.54, 1.807) is 0 Å². The van der Waals surface area contributed by atoms with E-state index in [0.717, 1.165) is 31.5 Å². The van der Waals surface area contributed by atoms with E-state index in [9.17, 15) is 9.50 Å². The van der Waals surface area contributed by atoms with Gasteiger partial charge in [0.15, 0.2) is 0 Å². The van der Waals surface area contributed by atoms with E-state index in [1.165, 1.54) is 6.42 Å². The third-order valence-corrected chi connectivity index (χ3v) is 3.23. The molecule has 0 saturated carbocycles. The first-order valence-corrected chi connectivity index (χ1v) is 6.33. The van der Waals surface area contributed by atoms with Crippen LogP contribution in [0.2, 0.25) is 0 Å².